The lowest BCUT2D eigenvalue weighted by Crippen LogP contribution is -2.22. The summed E-state index contributed by atoms with van der Waals surface area (Å²) >= 11 is 3.21. The Morgan fingerprint density at radius 3 is 1.90 bits per heavy atom. The van der Waals surface area contributed by atoms with Gasteiger partial charge in [-0.1, -0.05) is 57.5 Å². The number of primary sulfonamides is 1. The molecule has 2 aromatic carbocycles. The number of nitrogens with two attached hydrogens (primary N) is 1. The average molecular weight is 483 g/mol. The maximum atomic E-state index is 13.0. The van der Waals surface area contributed by atoms with Gasteiger partial charge in [-0.3, -0.25) is 4.79 Å². The minimum absolute atomic E-state index is 0.0865. The molecule has 0 fully saturated rings. The molecule has 29 heavy (non-hydrogen) atoms. The lowest BCUT2D eigenvalue weighted by atomic mass is 9.78. The number of carbonyl (C=O) groups excluding carboxylic acids is 1. The molecule has 0 aliphatic rings. The molecule has 0 spiro atoms. The summed E-state index contributed by atoms with van der Waals surface area (Å²) < 4.78 is 24.3. The van der Waals surface area contributed by atoms with Gasteiger partial charge in [-0.15, -0.1) is 0 Å². The van der Waals surface area contributed by atoms with Crippen molar-refractivity contribution in [2.75, 3.05) is 5.32 Å². The zero-order valence-electron chi connectivity index (χ0n) is 17.4. The van der Waals surface area contributed by atoms with Crippen LogP contribution in [0.2, 0.25) is 0 Å². The molecule has 0 saturated heterocycles. The monoisotopic (exact) mass is 482 g/mol. The number of benzene rings is 2. The second kappa shape index (κ2) is 7.74. The van der Waals surface area contributed by atoms with E-state index in [1.807, 2.05) is 41.5 Å². The van der Waals surface area contributed by atoms with Gasteiger partial charge in [0.15, 0.2) is 0 Å². The zero-order chi connectivity index (χ0) is 22.4. The number of hydrogen-bond acceptors (Lipinski definition) is 4. The van der Waals surface area contributed by atoms with Crippen molar-refractivity contribution in [3.63, 3.8) is 0 Å². The number of phenolic OH excluding ortho intramolecular Hbond substituents is 1. The Labute approximate surface area is 180 Å². The van der Waals surface area contributed by atoms with E-state index in [9.17, 15) is 18.3 Å². The Morgan fingerprint density at radius 2 is 1.48 bits per heavy atom. The van der Waals surface area contributed by atoms with Crippen molar-refractivity contribution >= 4 is 37.5 Å². The molecule has 0 heterocycles. The highest BCUT2D eigenvalue weighted by Crippen LogP contribution is 2.40. The molecule has 6 nitrogen and oxygen atoms in total. The first-order valence-electron chi connectivity index (χ1n) is 9.03. The summed E-state index contributed by atoms with van der Waals surface area (Å²) in [5.41, 5.74) is 0.882. The number of aromatic hydroxyl groups is 1. The van der Waals surface area contributed by atoms with Gasteiger partial charge in [0.25, 0.3) is 5.91 Å². The SMILES string of the molecule is CC(C)(C)c1cc(C(=O)Nc2ccc(Br)cc2S(N)(=O)=O)cc(C(C)(C)C)c1O. The summed E-state index contributed by atoms with van der Waals surface area (Å²) in [5.74, 6) is -0.330. The molecule has 0 radical (unpaired) electrons. The lowest BCUT2D eigenvalue weighted by Gasteiger charge is -2.28. The van der Waals surface area contributed by atoms with Crippen molar-refractivity contribution in [2.24, 2.45) is 5.14 Å². The van der Waals surface area contributed by atoms with Gasteiger partial charge in [-0.2, -0.15) is 0 Å². The molecule has 0 atom stereocenters. The second-order valence-electron chi connectivity index (χ2n) is 9.06. The molecule has 0 aliphatic heterocycles. The Bertz CT molecular complexity index is 1030. The van der Waals surface area contributed by atoms with Crippen molar-refractivity contribution in [2.45, 2.75) is 57.3 Å². The fourth-order valence-corrected chi connectivity index (χ4v) is 4.17. The van der Waals surface area contributed by atoms with E-state index >= 15 is 0 Å². The summed E-state index contributed by atoms with van der Waals surface area (Å²) in [5, 5.41) is 18.7. The van der Waals surface area contributed by atoms with E-state index in [-0.39, 0.29) is 16.3 Å². The number of amides is 1. The predicted molar refractivity (Wildman–Crippen MR) is 119 cm³/mol. The van der Waals surface area contributed by atoms with Crippen LogP contribution in [0.4, 0.5) is 5.69 Å². The van der Waals surface area contributed by atoms with Crippen LogP contribution in [-0.4, -0.2) is 19.4 Å². The van der Waals surface area contributed by atoms with Gasteiger partial charge in [0.05, 0.1) is 5.69 Å². The minimum atomic E-state index is -4.04. The third-order valence-corrected chi connectivity index (χ3v) is 5.93. The number of halogens is 1. The van der Waals surface area contributed by atoms with Crippen molar-refractivity contribution in [3.05, 3.63) is 51.5 Å². The van der Waals surface area contributed by atoms with E-state index in [0.29, 0.717) is 21.2 Å². The van der Waals surface area contributed by atoms with Crippen LogP contribution in [0.25, 0.3) is 0 Å². The van der Waals surface area contributed by atoms with Gasteiger partial charge >= 0.3 is 0 Å². The third kappa shape index (κ3) is 5.38. The third-order valence-electron chi connectivity index (χ3n) is 4.49. The molecular weight excluding hydrogens is 456 g/mol. The Morgan fingerprint density at radius 1 is 1.00 bits per heavy atom. The summed E-state index contributed by atoms with van der Waals surface area (Å²) in [6.07, 6.45) is 0. The average Bonchev–Trinajstić information content (AvgIpc) is 2.53. The molecule has 0 aliphatic carbocycles. The zero-order valence-corrected chi connectivity index (χ0v) is 19.8. The van der Waals surface area contributed by atoms with Crippen LogP contribution in [0.5, 0.6) is 5.75 Å². The molecule has 2 rings (SSSR count). The number of nitrogens with one attached hydrogen (secondary N) is 1. The van der Waals surface area contributed by atoms with E-state index in [2.05, 4.69) is 21.2 Å². The number of rotatable bonds is 3. The highest BCUT2D eigenvalue weighted by Gasteiger charge is 2.28. The maximum Gasteiger partial charge on any atom is 0.255 e. The largest absolute Gasteiger partial charge is 0.507 e. The van der Waals surface area contributed by atoms with E-state index in [4.69, 9.17) is 5.14 Å². The number of anilines is 1. The van der Waals surface area contributed by atoms with E-state index < -0.39 is 26.8 Å². The quantitative estimate of drug-likeness (QED) is 0.590. The van der Waals surface area contributed by atoms with E-state index in [0.717, 1.165) is 0 Å². The minimum Gasteiger partial charge on any atom is -0.507 e. The fraction of sp³-hybridized carbons (Fsp3) is 0.381. The molecule has 8 heteroatoms. The van der Waals surface area contributed by atoms with Crippen LogP contribution in [0.15, 0.2) is 39.7 Å². The number of hydrogen-bond donors (Lipinski definition) is 3. The van der Waals surface area contributed by atoms with Crippen LogP contribution in [0, 0.1) is 0 Å². The maximum absolute atomic E-state index is 13.0. The van der Waals surface area contributed by atoms with E-state index in [1.54, 1.807) is 18.2 Å². The normalized spacial score (nSPS) is 12.7. The van der Waals surface area contributed by atoms with Gasteiger partial charge in [0.2, 0.25) is 10.0 Å². The summed E-state index contributed by atoms with van der Waals surface area (Å²) in [4.78, 5) is 12.8. The first-order valence-corrected chi connectivity index (χ1v) is 11.4. The summed E-state index contributed by atoms with van der Waals surface area (Å²) in [7, 11) is -4.04. The Hall–Kier alpha value is -1.90. The number of carbonyl (C=O) groups is 1. The van der Waals surface area contributed by atoms with Crippen LogP contribution in [-0.2, 0) is 20.9 Å². The fourth-order valence-electron chi connectivity index (χ4n) is 2.94. The number of sulfonamides is 1. The van der Waals surface area contributed by atoms with Crippen LogP contribution in [0.1, 0.15) is 63.0 Å². The molecule has 4 N–H and O–H groups in total. The highest BCUT2D eigenvalue weighted by atomic mass is 79.9. The molecule has 1 amide bonds. The molecule has 0 unspecified atom stereocenters. The Kier molecular flexibility index (Phi) is 6.24. The van der Waals surface area contributed by atoms with Crippen LogP contribution < -0.4 is 10.5 Å². The van der Waals surface area contributed by atoms with Gasteiger partial charge in [-0.25, -0.2) is 13.6 Å². The smallest absolute Gasteiger partial charge is 0.255 e. The van der Waals surface area contributed by atoms with Crippen LogP contribution >= 0.6 is 15.9 Å². The van der Waals surface area contributed by atoms with Crippen LogP contribution in [0.3, 0.4) is 0 Å². The summed E-state index contributed by atoms with van der Waals surface area (Å²) in [6.45, 7) is 11.7. The van der Waals surface area contributed by atoms with E-state index in [1.165, 1.54) is 12.1 Å². The van der Waals surface area contributed by atoms with Gasteiger partial charge in [0.1, 0.15) is 10.6 Å². The molecule has 2 aromatic rings. The van der Waals surface area contributed by atoms with Crippen molar-refractivity contribution in [3.8, 4) is 5.75 Å². The molecule has 158 valence electrons. The first-order chi connectivity index (χ1) is 13.0. The molecule has 0 bridgehead atoms. The van der Waals surface area contributed by atoms with Gasteiger partial charge in [0, 0.05) is 21.2 Å². The van der Waals surface area contributed by atoms with Gasteiger partial charge in [-0.05, 0) is 41.2 Å². The summed E-state index contributed by atoms with van der Waals surface area (Å²) in [6, 6.07) is 7.69. The van der Waals surface area contributed by atoms with Crippen molar-refractivity contribution in [1.29, 1.82) is 0 Å². The standard InChI is InChI=1S/C21H27BrN2O4S/c1-20(2,3)14-9-12(10-15(18(14)25)21(4,5)6)19(26)24-16-8-7-13(22)11-17(16)29(23,27)28/h7-11,25H,1-6H3,(H,24,26)(H2,23,27,28). The predicted octanol–water partition coefficient (Wildman–Crippen LogP) is 4.65. The Balaban J connectivity index is 2.61. The topological polar surface area (TPSA) is 109 Å². The molecular formula is C21H27BrN2O4S. The number of phenols is 1. The molecule has 0 saturated carbocycles. The van der Waals surface area contributed by atoms with Gasteiger partial charge < -0.3 is 10.4 Å². The van der Waals surface area contributed by atoms with Crippen molar-refractivity contribution in [1.82, 2.24) is 0 Å². The van der Waals surface area contributed by atoms with Crippen molar-refractivity contribution < 1.29 is 18.3 Å². The molecule has 0 aromatic heterocycles. The first kappa shape index (κ1) is 23.4. The second-order valence-corrected chi connectivity index (χ2v) is 11.5. The highest BCUT2D eigenvalue weighted by molar-refractivity contribution is 9.10. The lowest BCUT2D eigenvalue weighted by molar-refractivity contribution is 0.102.